The monoisotopic (exact) mass is 327 g/mol. The molecule has 0 N–H and O–H groups in total. The molecule has 2 unspecified atom stereocenters. The Kier molecular flexibility index (Phi) is 4.79. The predicted octanol–water partition coefficient (Wildman–Crippen LogP) is 6.78. The van der Waals surface area contributed by atoms with E-state index in [9.17, 15) is 0 Å². The van der Waals surface area contributed by atoms with Crippen molar-refractivity contribution in [1.82, 2.24) is 0 Å². The number of benzene rings is 1. The molecule has 2 atom stereocenters. The molecule has 1 aromatic rings. The van der Waals surface area contributed by atoms with Crippen molar-refractivity contribution in [3.63, 3.8) is 0 Å². The highest BCUT2D eigenvalue weighted by molar-refractivity contribution is 5.66. The molecule has 1 spiro atoms. The number of hydrogen-bond acceptors (Lipinski definition) is 0. The quantitative estimate of drug-likeness (QED) is 0.536. The molecule has 0 bridgehead atoms. The zero-order valence-electron chi connectivity index (χ0n) is 17.3. The highest BCUT2D eigenvalue weighted by Gasteiger charge is 2.46. The van der Waals surface area contributed by atoms with Crippen LogP contribution in [0.2, 0.25) is 0 Å². The van der Waals surface area contributed by atoms with Crippen molar-refractivity contribution >= 4 is 11.9 Å². The molecule has 0 aromatic heterocycles. The van der Waals surface area contributed by atoms with Crippen LogP contribution in [0.3, 0.4) is 0 Å². The summed E-state index contributed by atoms with van der Waals surface area (Å²) in [6, 6.07) is 7.14. The van der Waals surface area contributed by atoms with Crippen LogP contribution in [0.5, 0.6) is 0 Å². The summed E-state index contributed by atoms with van der Waals surface area (Å²) in [6.45, 7) is 11.3. The number of para-hydroxylation sites is 1. The van der Waals surface area contributed by atoms with Crippen molar-refractivity contribution in [2.45, 2.75) is 97.4 Å². The van der Waals surface area contributed by atoms with E-state index in [0.717, 1.165) is 0 Å². The largest absolute Gasteiger partial charge is 0.212 e. The zero-order valence-corrected chi connectivity index (χ0v) is 16.3. The van der Waals surface area contributed by atoms with Crippen molar-refractivity contribution in [2.75, 3.05) is 0 Å². The molecule has 1 heterocycles. The van der Waals surface area contributed by atoms with E-state index in [1.807, 2.05) is 0 Å². The van der Waals surface area contributed by atoms with Crippen LogP contribution in [0.15, 0.2) is 18.2 Å². The molecule has 2 aliphatic rings. The maximum Gasteiger partial charge on any atom is 0.212 e. The first kappa shape index (κ1) is 16.4. The molecule has 1 nitrogen and oxygen atoms in total. The van der Waals surface area contributed by atoms with Crippen LogP contribution in [0, 0.1) is 5.41 Å². The fourth-order valence-corrected chi connectivity index (χ4v) is 4.87. The molecule has 0 radical (unpaired) electrons. The van der Waals surface area contributed by atoms with E-state index in [-0.39, 0.29) is 6.40 Å². The third kappa shape index (κ3) is 3.19. The standard InChI is InChI=1S/C23H36N/c1-6-19-15-23(13-8-7-9-14-23)16-24(19)22-20(17(2)3)11-10-12-21(22)18(4)5/h10-12,16-19H,6-9,13-15H2,1-5H3/q+1/i6D. The van der Waals surface area contributed by atoms with Crippen LogP contribution in [0.25, 0.3) is 0 Å². The first-order chi connectivity index (χ1) is 11.8. The van der Waals surface area contributed by atoms with E-state index in [1.165, 1.54) is 55.3 Å². The first-order valence-electron chi connectivity index (χ1n) is 10.6. The molecule has 24 heavy (non-hydrogen) atoms. The lowest BCUT2D eigenvalue weighted by Gasteiger charge is -2.27. The first-order valence-corrected chi connectivity index (χ1v) is 10.0. The highest BCUT2D eigenvalue weighted by Crippen LogP contribution is 2.46. The molecule has 3 rings (SSSR count). The summed E-state index contributed by atoms with van der Waals surface area (Å²) in [5, 5.41) is 0. The molecule has 1 fully saturated rings. The lowest BCUT2D eigenvalue weighted by atomic mass is 9.73. The van der Waals surface area contributed by atoms with Crippen LogP contribution in [-0.2, 0) is 0 Å². The molecule has 0 saturated heterocycles. The van der Waals surface area contributed by atoms with Gasteiger partial charge in [0.05, 0.1) is 5.41 Å². The second-order valence-electron chi connectivity index (χ2n) is 8.66. The van der Waals surface area contributed by atoms with Crippen molar-refractivity contribution in [3.8, 4) is 0 Å². The minimum absolute atomic E-state index is 0.0576. The van der Waals surface area contributed by atoms with Gasteiger partial charge in [0.1, 0.15) is 0 Å². The van der Waals surface area contributed by atoms with E-state index >= 15 is 0 Å². The van der Waals surface area contributed by atoms with Crippen molar-refractivity contribution in [1.29, 1.82) is 0 Å². The van der Waals surface area contributed by atoms with Gasteiger partial charge in [-0.3, -0.25) is 0 Å². The van der Waals surface area contributed by atoms with Crippen LogP contribution in [0.1, 0.15) is 104 Å². The van der Waals surface area contributed by atoms with Gasteiger partial charge >= 0.3 is 0 Å². The van der Waals surface area contributed by atoms with Crippen molar-refractivity contribution in [3.05, 3.63) is 29.3 Å². The predicted molar refractivity (Wildman–Crippen MR) is 105 cm³/mol. The Morgan fingerprint density at radius 3 is 2.17 bits per heavy atom. The fourth-order valence-electron chi connectivity index (χ4n) is 4.87. The van der Waals surface area contributed by atoms with Gasteiger partial charge in [-0.05, 0) is 24.7 Å². The molecular formula is C23H36N+. The van der Waals surface area contributed by atoms with Crippen LogP contribution in [0.4, 0.5) is 5.69 Å². The number of rotatable bonds is 4. The number of nitrogens with zero attached hydrogens (tertiary/aromatic N) is 1. The lowest BCUT2D eigenvalue weighted by Crippen LogP contribution is -2.24. The lowest BCUT2D eigenvalue weighted by molar-refractivity contribution is -0.473. The SMILES string of the molecule is [2H]C(C)C1CC2(C=[N+]1c1c(C(C)C)cccc1C(C)C)CCCCC2. The van der Waals surface area contributed by atoms with E-state index in [0.29, 0.717) is 23.3 Å². The molecule has 1 aromatic carbocycles. The third-order valence-electron chi connectivity index (χ3n) is 6.22. The molecule has 1 aliphatic heterocycles. The number of hydrogen-bond donors (Lipinski definition) is 0. The van der Waals surface area contributed by atoms with E-state index < -0.39 is 0 Å². The van der Waals surface area contributed by atoms with Gasteiger partial charge in [0.2, 0.25) is 5.69 Å². The van der Waals surface area contributed by atoms with Gasteiger partial charge in [-0.25, -0.2) is 0 Å². The minimum Gasteiger partial charge on any atom is -0.199 e. The van der Waals surface area contributed by atoms with Gasteiger partial charge in [-0.15, -0.1) is 0 Å². The van der Waals surface area contributed by atoms with Gasteiger partial charge < -0.3 is 0 Å². The second-order valence-corrected chi connectivity index (χ2v) is 8.66. The van der Waals surface area contributed by atoms with Crippen LogP contribution >= 0.6 is 0 Å². The summed E-state index contributed by atoms with van der Waals surface area (Å²) < 4.78 is 11.1. The minimum atomic E-state index is -0.0576. The van der Waals surface area contributed by atoms with Gasteiger partial charge in [0, 0.05) is 25.3 Å². The fraction of sp³-hybridized carbons (Fsp3) is 0.696. The normalized spacial score (nSPS) is 25.2. The van der Waals surface area contributed by atoms with Gasteiger partial charge in [0.25, 0.3) is 0 Å². The second kappa shape index (κ2) is 7.02. The Hall–Kier alpha value is -1.11. The smallest absolute Gasteiger partial charge is 0.199 e. The van der Waals surface area contributed by atoms with Crippen LogP contribution < -0.4 is 0 Å². The molecule has 132 valence electrons. The Labute approximate surface area is 150 Å². The Morgan fingerprint density at radius 1 is 1.08 bits per heavy atom. The maximum absolute atomic E-state index is 8.55. The molecule has 0 amide bonds. The molecule has 1 heteroatoms. The van der Waals surface area contributed by atoms with E-state index in [4.69, 9.17) is 1.37 Å². The third-order valence-corrected chi connectivity index (χ3v) is 6.22. The average molecular weight is 328 g/mol. The van der Waals surface area contributed by atoms with E-state index in [1.54, 1.807) is 0 Å². The summed E-state index contributed by atoms with van der Waals surface area (Å²) in [4.78, 5) is 0. The van der Waals surface area contributed by atoms with Crippen molar-refractivity contribution in [2.24, 2.45) is 5.41 Å². The molecule has 1 aliphatic carbocycles. The Balaban J connectivity index is 2.16. The van der Waals surface area contributed by atoms with Gasteiger partial charge in [-0.2, -0.15) is 4.58 Å². The summed E-state index contributed by atoms with van der Waals surface area (Å²) in [5.74, 6) is 1.01. The average Bonchev–Trinajstić information content (AvgIpc) is 2.93. The summed E-state index contributed by atoms with van der Waals surface area (Å²) in [6.07, 6.45) is 10.4. The zero-order chi connectivity index (χ0) is 18.2. The maximum atomic E-state index is 8.55. The summed E-state index contributed by atoms with van der Waals surface area (Å²) >= 11 is 0. The summed E-state index contributed by atoms with van der Waals surface area (Å²) in [7, 11) is 0. The summed E-state index contributed by atoms with van der Waals surface area (Å²) in [5.41, 5.74) is 4.65. The Bertz CT molecular complexity index is 609. The van der Waals surface area contributed by atoms with Crippen LogP contribution in [-0.4, -0.2) is 16.8 Å². The van der Waals surface area contributed by atoms with Crippen molar-refractivity contribution < 1.29 is 5.95 Å². The van der Waals surface area contributed by atoms with Gasteiger partial charge in [-0.1, -0.05) is 72.1 Å². The Morgan fingerprint density at radius 2 is 1.67 bits per heavy atom. The van der Waals surface area contributed by atoms with E-state index in [2.05, 4.69) is 63.6 Å². The molecular weight excluding hydrogens is 290 g/mol. The molecule has 1 saturated carbocycles. The highest BCUT2D eigenvalue weighted by atomic mass is 15.1. The van der Waals surface area contributed by atoms with Gasteiger partial charge in [0.15, 0.2) is 12.3 Å². The topological polar surface area (TPSA) is 3.01 Å².